The van der Waals surface area contributed by atoms with Crippen LogP contribution in [-0.2, 0) is 4.74 Å². The Morgan fingerprint density at radius 3 is 2.42 bits per heavy atom. The fraction of sp³-hybridized carbons (Fsp3) is 0.0833. The average Bonchev–Trinajstić information content (AvgIpc) is 2.83. The quantitative estimate of drug-likeness (QED) is 0.837. The number of amides is 1. The molecule has 0 aliphatic rings. The summed E-state index contributed by atoms with van der Waals surface area (Å²) < 4.78 is 4.56. The fourth-order valence-corrected chi connectivity index (χ4v) is 1.94. The Balaban J connectivity index is 2.09. The Morgan fingerprint density at radius 1 is 1.26 bits per heavy atom. The predicted octanol–water partition coefficient (Wildman–Crippen LogP) is 1.89. The Morgan fingerprint density at radius 2 is 1.89 bits per heavy atom. The van der Waals surface area contributed by atoms with Gasteiger partial charge in [0.15, 0.2) is 5.13 Å². The second kappa shape index (κ2) is 5.49. The minimum Gasteiger partial charge on any atom is -0.493 e. The molecule has 0 fully saturated rings. The number of nitrogens with zero attached hydrogens (tertiary/aromatic N) is 1. The number of thiazole rings is 1. The molecule has 0 spiro atoms. The highest BCUT2D eigenvalue weighted by atomic mass is 32.1. The van der Waals surface area contributed by atoms with Gasteiger partial charge in [-0.3, -0.25) is 10.1 Å². The number of benzene rings is 1. The molecule has 0 aliphatic carbocycles. The summed E-state index contributed by atoms with van der Waals surface area (Å²) in [6.45, 7) is 0. The molecule has 0 unspecified atom stereocenters. The van der Waals surface area contributed by atoms with Gasteiger partial charge >= 0.3 is 5.97 Å². The third-order valence-corrected chi connectivity index (χ3v) is 3.03. The molecule has 1 aromatic heterocycles. The summed E-state index contributed by atoms with van der Waals surface area (Å²) in [5.74, 6) is -0.969. The fourth-order valence-electron chi connectivity index (χ4n) is 1.37. The van der Waals surface area contributed by atoms with Crippen molar-refractivity contribution >= 4 is 28.3 Å². The van der Waals surface area contributed by atoms with Gasteiger partial charge in [-0.1, -0.05) is 0 Å². The number of methoxy groups -OCH3 is 1. The summed E-state index contributed by atoms with van der Waals surface area (Å²) in [5.41, 5.74) is 0.744. The zero-order chi connectivity index (χ0) is 13.8. The largest absolute Gasteiger partial charge is 0.493 e. The van der Waals surface area contributed by atoms with Gasteiger partial charge in [0, 0.05) is 5.56 Å². The molecule has 2 aromatic rings. The molecule has 1 aromatic carbocycles. The first-order valence-corrected chi connectivity index (χ1v) is 6.12. The molecule has 2 rings (SSSR count). The third-order valence-electron chi connectivity index (χ3n) is 2.28. The smallest absolute Gasteiger partial charge is 0.337 e. The van der Waals surface area contributed by atoms with Crippen LogP contribution in [0, 0.1) is 0 Å². The van der Waals surface area contributed by atoms with E-state index < -0.39 is 5.97 Å². The standard InChI is InChI=1S/C12H10N2O4S/c1-18-11(17)8-4-2-7(3-5-8)10(16)14-12-13-9(15)6-19-12/h2-6,15H,1H3,(H,13,14,16). The Labute approximate surface area is 112 Å². The first-order chi connectivity index (χ1) is 9.10. The summed E-state index contributed by atoms with van der Waals surface area (Å²) in [6.07, 6.45) is 0. The number of hydrogen-bond donors (Lipinski definition) is 2. The topological polar surface area (TPSA) is 88.5 Å². The number of esters is 1. The number of nitrogens with one attached hydrogen (secondary N) is 1. The molecule has 98 valence electrons. The van der Waals surface area contributed by atoms with Gasteiger partial charge in [0.1, 0.15) is 0 Å². The minimum atomic E-state index is -0.461. The highest BCUT2D eigenvalue weighted by Crippen LogP contribution is 2.20. The van der Waals surface area contributed by atoms with Gasteiger partial charge in [0.2, 0.25) is 5.88 Å². The van der Waals surface area contributed by atoms with E-state index in [4.69, 9.17) is 5.11 Å². The van der Waals surface area contributed by atoms with Crippen molar-refractivity contribution in [1.29, 1.82) is 0 Å². The van der Waals surface area contributed by atoms with Crippen molar-refractivity contribution in [1.82, 2.24) is 4.98 Å². The minimum absolute atomic E-state index is 0.138. The van der Waals surface area contributed by atoms with E-state index in [1.54, 1.807) is 0 Å². The van der Waals surface area contributed by atoms with Gasteiger partial charge < -0.3 is 9.84 Å². The van der Waals surface area contributed by atoms with E-state index in [-0.39, 0.29) is 11.8 Å². The Bertz CT molecular complexity index is 606. The van der Waals surface area contributed by atoms with Crippen LogP contribution in [0.5, 0.6) is 5.88 Å². The van der Waals surface area contributed by atoms with Gasteiger partial charge in [0.05, 0.1) is 18.1 Å². The van der Waals surface area contributed by atoms with Crippen molar-refractivity contribution in [3.63, 3.8) is 0 Å². The second-order valence-electron chi connectivity index (χ2n) is 3.53. The van der Waals surface area contributed by atoms with E-state index in [0.29, 0.717) is 16.3 Å². The molecule has 2 N–H and O–H groups in total. The summed E-state index contributed by atoms with van der Waals surface area (Å²) in [7, 11) is 1.29. The summed E-state index contributed by atoms with van der Waals surface area (Å²) >= 11 is 1.12. The van der Waals surface area contributed by atoms with Gasteiger partial charge in [-0.25, -0.2) is 4.79 Å². The lowest BCUT2D eigenvalue weighted by molar-refractivity contribution is 0.0600. The van der Waals surface area contributed by atoms with Crippen LogP contribution >= 0.6 is 11.3 Å². The molecule has 0 radical (unpaired) electrons. The first kappa shape index (κ1) is 13.0. The van der Waals surface area contributed by atoms with Crippen LogP contribution in [0.2, 0.25) is 0 Å². The summed E-state index contributed by atoms with van der Waals surface area (Å²) in [6, 6.07) is 6.02. The molecule has 1 amide bonds. The number of hydrogen-bond acceptors (Lipinski definition) is 6. The predicted molar refractivity (Wildman–Crippen MR) is 69.5 cm³/mol. The van der Waals surface area contributed by atoms with Crippen molar-refractivity contribution in [2.24, 2.45) is 0 Å². The van der Waals surface area contributed by atoms with Crippen LogP contribution in [-0.4, -0.2) is 29.1 Å². The summed E-state index contributed by atoms with van der Waals surface area (Å²) in [5, 5.41) is 13.3. The maximum Gasteiger partial charge on any atom is 0.337 e. The lowest BCUT2D eigenvalue weighted by atomic mass is 10.1. The van der Waals surface area contributed by atoms with Crippen molar-refractivity contribution in [2.45, 2.75) is 0 Å². The molecule has 0 aliphatic heterocycles. The number of carbonyl (C=O) groups excluding carboxylic acids is 2. The van der Waals surface area contributed by atoms with Gasteiger partial charge in [-0.05, 0) is 24.3 Å². The molecule has 0 atom stereocenters. The molecule has 0 bridgehead atoms. The molecule has 0 saturated heterocycles. The molecule has 19 heavy (non-hydrogen) atoms. The summed E-state index contributed by atoms with van der Waals surface area (Å²) in [4.78, 5) is 26.8. The van der Waals surface area contributed by atoms with Crippen LogP contribution < -0.4 is 5.32 Å². The zero-order valence-corrected chi connectivity index (χ0v) is 10.7. The van der Waals surface area contributed by atoms with Crippen LogP contribution in [0.25, 0.3) is 0 Å². The van der Waals surface area contributed by atoms with Crippen molar-refractivity contribution in [2.75, 3.05) is 12.4 Å². The maximum absolute atomic E-state index is 11.8. The lowest BCUT2D eigenvalue weighted by Gasteiger charge is -2.03. The van der Waals surface area contributed by atoms with Crippen molar-refractivity contribution in [3.8, 4) is 5.88 Å². The van der Waals surface area contributed by atoms with E-state index in [9.17, 15) is 9.59 Å². The Hall–Kier alpha value is -2.41. The van der Waals surface area contributed by atoms with Crippen molar-refractivity contribution < 1.29 is 19.4 Å². The SMILES string of the molecule is COC(=O)c1ccc(C(=O)Nc2nc(O)cs2)cc1. The number of rotatable bonds is 3. The van der Waals surface area contributed by atoms with Crippen LogP contribution in [0.4, 0.5) is 5.13 Å². The Kier molecular flexibility index (Phi) is 3.76. The number of anilines is 1. The highest BCUT2D eigenvalue weighted by Gasteiger charge is 2.10. The van der Waals surface area contributed by atoms with E-state index >= 15 is 0 Å². The average molecular weight is 278 g/mol. The van der Waals surface area contributed by atoms with E-state index in [0.717, 1.165) is 11.3 Å². The molecule has 1 heterocycles. The first-order valence-electron chi connectivity index (χ1n) is 5.24. The number of ether oxygens (including phenoxy) is 1. The monoisotopic (exact) mass is 278 g/mol. The van der Waals surface area contributed by atoms with Crippen LogP contribution in [0.15, 0.2) is 29.6 Å². The van der Waals surface area contributed by atoms with Crippen LogP contribution in [0.1, 0.15) is 20.7 Å². The van der Waals surface area contributed by atoms with Gasteiger partial charge in [-0.2, -0.15) is 4.98 Å². The van der Waals surface area contributed by atoms with E-state index in [1.807, 2.05) is 0 Å². The second-order valence-corrected chi connectivity index (χ2v) is 4.39. The molecular weight excluding hydrogens is 268 g/mol. The van der Waals surface area contributed by atoms with Crippen LogP contribution in [0.3, 0.4) is 0 Å². The highest BCUT2D eigenvalue weighted by molar-refractivity contribution is 7.14. The maximum atomic E-state index is 11.8. The number of aromatic nitrogens is 1. The van der Waals surface area contributed by atoms with Crippen molar-refractivity contribution in [3.05, 3.63) is 40.8 Å². The number of aromatic hydroxyl groups is 1. The van der Waals surface area contributed by atoms with E-state index in [1.165, 1.54) is 36.8 Å². The number of carbonyl (C=O) groups is 2. The normalized spacial score (nSPS) is 9.95. The van der Waals surface area contributed by atoms with Gasteiger partial charge in [-0.15, -0.1) is 11.3 Å². The molecule has 6 nitrogen and oxygen atoms in total. The lowest BCUT2D eigenvalue weighted by Crippen LogP contribution is -2.12. The molecular formula is C12H10N2O4S. The van der Waals surface area contributed by atoms with Gasteiger partial charge in [0.25, 0.3) is 5.91 Å². The van der Waals surface area contributed by atoms with E-state index in [2.05, 4.69) is 15.0 Å². The molecule has 0 saturated carbocycles. The molecule has 7 heteroatoms. The zero-order valence-electron chi connectivity index (χ0n) is 9.91. The third kappa shape index (κ3) is 3.08.